The summed E-state index contributed by atoms with van der Waals surface area (Å²) in [5, 5.41) is 3.36. The Morgan fingerprint density at radius 3 is 2.43 bits per heavy atom. The molecule has 0 saturated carbocycles. The highest BCUT2D eigenvalue weighted by atomic mass is 35.5. The number of fused-ring (bicyclic) bond motifs is 1. The van der Waals surface area contributed by atoms with E-state index in [1.807, 2.05) is 13.0 Å². The van der Waals surface area contributed by atoms with Crippen molar-refractivity contribution in [3.05, 3.63) is 64.2 Å². The summed E-state index contributed by atoms with van der Waals surface area (Å²) in [6, 6.07) is 12.1. The van der Waals surface area contributed by atoms with E-state index >= 15 is 0 Å². The predicted molar refractivity (Wildman–Crippen MR) is 111 cm³/mol. The predicted octanol–water partition coefficient (Wildman–Crippen LogP) is 3.72. The standard InChI is InChI=1S/C21H25ClN2O3S/c1-15(17-8-7-16-5-3-4-6-18(16)13-17)23-21(25)14-24(2)28(26,27)20-11-9-19(22)10-12-20/h7-13,15H,3-6,14H2,1-2H3,(H,23,25)/t15-/m1/s1. The molecule has 7 heteroatoms. The molecule has 0 spiro atoms. The van der Waals surface area contributed by atoms with Crippen LogP contribution >= 0.6 is 11.6 Å². The maximum absolute atomic E-state index is 12.6. The van der Waals surface area contributed by atoms with Crippen LogP contribution in [-0.4, -0.2) is 32.2 Å². The summed E-state index contributed by atoms with van der Waals surface area (Å²) in [5.41, 5.74) is 3.78. The molecule has 1 aliphatic carbocycles. The van der Waals surface area contributed by atoms with Crippen molar-refractivity contribution < 1.29 is 13.2 Å². The molecule has 5 nitrogen and oxygen atoms in total. The van der Waals surface area contributed by atoms with Crippen LogP contribution in [0.4, 0.5) is 0 Å². The Morgan fingerprint density at radius 2 is 1.75 bits per heavy atom. The van der Waals surface area contributed by atoms with Crippen molar-refractivity contribution in [2.45, 2.75) is 43.5 Å². The van der Waals surface area contributed by atoms with Crippen LogP contribution in [0.5, 0.6) is 0 Å². The quantitative estimate of drug-likeness (QED) is 0.774. The van der Waals surface area contributed by atoms with E-state index in [4.69, 9.17) is 11.6 Å². The highest BCUT2D eigenvalue weighted by Gasteiger charge is 2.23. The number of carbonyl (C=O) groups excluding carboxylic acids is 1. The van der Waals surface area contributed by atoms with Crippen molar-refractivity contribution in [3.8, 4) is 0 Å². The van der Waals surface area contributed by atoms with E-state index in [9.17, 15) is 13.2 Å². The zero-order valence-electron chi connectivity index (χ0n) is 16.1. The summed E-state index contributed by atoms with van der Waals surface area (Å²) in [7, 11) is -2.35. The fourth-order valence-electron chi connectivity index (χ4n) is 3.47. The van der Waals surface area contributed by atoms with E-state index in [0.29, 0.717) is 5.02 Å². The number of benzene rings is 2. The Balaban J connectivity index is 1.63. The third-order valence-electron chi connectivity index (χ3n) is 5.14. The van der Waals surface area contributed by atoms with E-state index in [2.05, 4.69) is 17.4 Å². The Labute approximate surface area is 171 Å². The molecule has 1 atom stereocenters. The first-order valence-electron chi connectivity index (χ1n) is 9.40. The molecule has 1 aliphatic rings. The monoisotopic (exact) mass is 420 g/mol. The fraction of sp³-hybridized carbons (Fsp3) is 0.381. The average Bonchev–Trinajstić information content (AvgIpc) is 2.67. The van der Waals surface area contributed by atoms with Gasteiger partial charge in [-0.3, -0.25) is 4.79 Å². The topological polar surface area (TPSA) is 66.5 Å². The number of hydrogen-bond acceptors (Lipinski definition) is 3. The molecule has 0 saturated heterocycles. The number of amides is 1. The van der Waals surface area contributed by atoms with Crippen molar-refractivity contribution in [3.63, 3.8) is 0 Å². The number of rotatable bonds is 6. The lowest BCUT2D eigenvalue weighted by Crippen LogP contribution is -2.39. The van der Waals surface area contributed by atoms with Gasteiger partial charge in [-0.2, -0.15) is 4.31 Å². The van der Waals surface area contributed by atoms with Gasteiger partial charge in [-0.25, -0.2) is 8.42 Å². The molecule has 1 N–H and O–H groups in total. The van der Waals surface area contributed by atoms with Crippen molar-refractivity contribution in [1.82, 2.24) is 9.62 Å². The number of carbonyl (C=O) groups is 1. The summed E-state index contributed by atoms with van der Waals surface area (Å²) < 4.78 is 26.2. The molecular formula is C21H25ClN2O3S. The van der Waals surface area contributed by atoms with E-state index in [1.165, 1.54) is 55.3 Å². The van der Waals surface area contributed by atoms with Gasteiger partial charge in [-0.1, -0.05) is 29.8 Å². The minimum Gasteiger partial charge on any atom is -0.348 e. The van der Waals surface area contributed by atoms with E-state index < -0.39 is 10.0 Å². The maximum Gasteiger partial charge on any atom is 0.243 e. The summed E-state index contributed by atoms with van der Waals surface area (Å²) in [6.07, 6.45) is 4.62. The SMILES string of the molecule is C[C@@H](NC(=O)CN(C)S(=O)(=O)c1ccc(Cl)cc1)c1ccc2c(c1)CCCC2. The van der Waals surface area contributed by atoms with Crippen LogP contribution in [-0.2, 0) is 27.7 Å². The lowest BCUT2D eigenvalue weighted by Gasteiger charge is -2.21. The van der Waals surface area contributed by atoms with Crippen molar-refractivity contribution in [2.75, 3.05) is 13.6 Å². The van der Waals surface area contributed by atoms with Gasteiger partial charge in [-0.05, 0) is 73.6 Å². The van der Waals surface area contributed by atoms with E-state index in [0.717, 1.165) is 22.7 Å². The van der Waals surface area contributed by atoms with E-state index in [-0.39, 0.29) is 23.4 Å². The zero-order valence-corrected chi connectivity index (χ0v) is 17.7. The summed E-state index contributed by atoms with van der Waals surface area (Å²) >= 11 is 5.81. The van der Waals surface area contributed by atoms with Crippen molar-refractivity contribution >= 4 is 27.5 Å². The molecule has 0 aliphatic heterocycles. The Kier molecular flexibility index (Phi) is 6.43. The number of nitrogens with zero attached hydrogens (tertiary/aromatic N) is 1. The smallest absolute Gasteiger partial charge is 0.243 e. The molecule has 28 heavy (non-hydrogen) atoms. The molecule has 0 fully saturated rings. The van der Waals surface area contributed by atoms with Crippen molar-refractivity contribution in [1.29, 1.82) is 0 Å². The summed E-state index contributed by atoms with van der Waals surface area (Å²) in [5.74, 6) is -0.342. The molecule has 2 aromatic rings. The molecule has 0 heterocycles. The molecule has 0 aromatic heterocycles. The largest absolute Gasteiger partial charge is 0.348 e. The normalized spacial score (nSPS) is 15.1. The van der Waals surface area contributed by atoms with Gasteiger partial charge in [0.25, 0.3) is 0 Å². The fourth-order valence-corrected chi connectivity index (χ4v) is 4.72. The van der Waals surface area contributed by atoms with Gasteiger partial charge in [0.05, 0.1) is 17.5 Å². The molecule has 3 rings (SSSR count). The van der Waals surface area contributed by atoms with Crippen LogP contribution < -0.4 is 5.32 Å². The van der Waals surface area contributed by atoms with E-state index in [1.54, 1.807) is 0 Å². The number of aryl methyl sites for hydroxylation is 2. The summed E-state index contributed by atoms with van der Waals surface area (Å²) in [4.78, 5) is 12.5. The van der Waals surface area contributed by atoms with Crippen LogP contribution in [0.2, 0.25) is 5.02 Å². The van der Waals surface area contributed by atoms with Gasteiger partial charge in [0.15, 0.2) is 0 Å². The molecule has 150 valence electrons. The number of hydrogen-bond donors (Lipinski definition) is 1. The maximum atomic E-state index is 12.6. The highest BCUT2D eigenvalue weighted by Crippen LogP contribution is 2.25. The Hall–Kier alpha value is -1.89. The molecule has 1 amide bonds. The summed E-state index contributed by atoms with van der Waals surface area (Å²) in [6.45, 7) is 1.66. The van der Waals surface area contributed by atoms with Crippen LogP contribution in [0.3, 0.4) is 0 Å². The van der Waals surface area contributed by atoms with Gasteiger partial charge in [0, 0.05) is 12.1 Å². The van der Waals surface area contributed by atoms with Gasteiger partial charge < -0.3 is 5.32 Å². The second kappa shape index (κ2) is 8.64. The lowest BCUT2D eigenvalue weighted by atomic mass is 9.89. The number of nitrogens with one attached hydrogen (secondary N) is 1. The first kappa shape index (κ1) is 20.8. The second-order valence-corrected chi connectivity index (χ2v) is 9.72. The number of halogens is 1. The third kappa shape index (κ3) is 4.74. The van der Waals surface area contributed by atoms with Gasteiger partial charge in [0.2, 0.25) is 15.9 Å². The van der Waals surface area contributed by atoms with Crippen LogP contribution in [0, 0.1) is 0 Å². The molecule has 0 unspecified atom stereocenters. The number of sulfonamides is 1. The second-order valence-electron chi connectivity index (χ2n) is 7.24. The van der Waals surface area contributed by atoms with Crippen molar-refractivity contribution in [2.24, 2.45) is 0 Å². The average molecular weight is 421 g/mol. The Bertz CT molecular complexity index is 958. The highest BCUT2D eigenvalue weighted by molar-refractivity contribution is 7.89. The van der Waals surface area contributed by atoms with Crippen LogP contribution in [0.25, 0.3) is 0 Å². The minimum atomic E-state index is -3.75. The minimum absolute atomic E-state index is 0.106. The lowest BCUT2D eigenvalue weighted by molar-refractivity contribution is -0.121. The molecule has 2 aromatic carbocycles. The van der Waals surface area contributed by atoms with Crippen LogP contribution in [0.15, 0.2) is 47.4 Å². The Morgan fingerprint density at radius 1 is 1.11 bits per heavy atom. The molecule has 0 radical (unpaired) electrons. The number of likely N-dealkylation sites (N-methyl/N-ethyl adjacent to an activating group) is 1. The van der Waals surface area contributed by atoms with Gasteiger partial charge in [-0.15, -0.1) is 0 Å². The molecule has 0 bridgehead atoms. The van der Waals surface area contributed by atoms with Gasteiger partial charge in [0.1, 0.15) is 0 Å². The molecular weight excluding hydrogens is 396 g/mol. The third-order valence-corrected chi connectivity index (χ3v) is 7.21. The van der Waals surface area contributed by atoms with Gasteiger partial charge >= 0.3 is 0 Å². The first-order valence-corrected chi connectivity index (χ1v) is 11.2. The van der Waals surface area contributed by atoms with Crippen LogP contribution in [0.1, 0.15) is 42.5 Å². The zero-order chi connectivity index (χ0) is 20.3. The first-order chi connectivity index (χ1) is 13.3.